The molecule has 0 spiro atoms. The molecule has 1 N–H and O–H groups in total. The number of ketones is 1. The lowest BCUT2D eigenvalue weighted by molar-refractivity contribution is -0.274. The maximum atomic E-state index is 13.7. The maximum absolute atomic E-state index is 13.7. The number of benzene rings is 3. The summed E-state index contributed by atoms with van der Waals surface area (Å²) in [4.78, 5) is 27.2. The molecule has 1 saturated heterocycles. The summed E-state index contributed by atoms with van der Waals surface area (Å²) in [5.41, 5.74) is 0.761. The Hall–Kier alpha value is -4.14. The van der Waals surface area contributed by atoms with E-state index in [0.29, 0.717) is 5.56 Å². The summed E-state index contributed by atoms with van der Waals surface area (Å²) in [6.45, 7) is 1.49. The fourth-order valence-corrected chi connectivity index (χ4v) is 3.81. The van der Waals surface area contributed by atoms with Crippen molar-refractivity contribution in [3.63, 3.8) is 0 Å². The third-order valence-electron chi connectivity index (χ3n) is 5.34. The second-order valence-electron chi connectivity index (χ2n) is 7.59. The van der Waals surface area contributed by atoms with Gasteiger partial charge in [-0.3, -0.25) is 14.5 Å². The molecule has 0 aromatic heterocycles. The van der Waals surface area contributed by atoms with Crippen LogP contribution in [0, 0.1) is 12.7 Å². The van der Waals surface area contributed by atoms with E-state index in [1.165, 1.54) is 31.2 Å². The zero-order chi connectivity index (χ0) is 24.6. The Kier molecular flexibility index (Phi) is 5.87. The number of aryl methyl sites for hydroxylation is 1. The van der Waals surface area contributed by atoms with E-state index in [0.717, 1.165) is 23.1 Å². The van der Waals surface area contributed by atoms with Crippen molar-refractivity contribution in [3.05, 3.63) is 101 Å². The van der Waals surface area contributed by atoms with Crippen LogP contribution in [-0.2, 0) is 9.59 Å². The quantitative estimate of drug-likeness (QED) is 0.231. The molecule has 5 nitrogen and oxygen atoms in total. The summed E-state index contributed by atoms with van der Waals surface area (Å²) in [5, 5.41) is 11.0. The van der Waals surface area contributed by atoms with E-state index in [2.05, 4.69) is 4.74 Å². The molecule has 3 aromatic carbocycles. The zero-order valence-electron chi connectivity index (χ0n) is 17.6. The Morgan fingerprint density at radius 1 is 0.971 bits per heavy atom. The lowest BCUT2D eigenvalue weighted by Gasteiger charge is -2.25. The van der Waals surface area contributed by atoms with E-state index < -0.39 is 41.4 Å². The van der Waals surface area contributed by atoms with Crippen molar-refractivity contribution >= 4 is 23.1 Å². The van der Waals surface area contributed by atoms with E-state index in [1.807, 2.05) is 0 Å². The van der Waals surface area contributed by atoms with Gasteiger partial charge in [-0.05, 0) is 60.5 Å². The summed E-state index contributed by atoms with van der Waals surface area (Å²) < 4.78 is 55.1. The highest BCUT2D eigenvalue weighted by molar-refractivity contribution is 6.51. The molecule has 1 atom stereocenters. The smallest absolute Gasteiger partial charge is 0.507 e. The van der Waals surface area contributed by atoms with Crippen LogP contribution in [0.3, 0.4) is 0 Å². The summed E-state index contributed by atoms with van der Waals surface area (Å²) in [5.74, 6) is -3.44. The van der Waals surface area contributed by atoms with Gasteiger partial charge in [0.25, 0.3) is 11.7 Å². The maximum Gasteiger partial charge on any atom is 0.573 e. The standard InChI is InChI=1S/C25H17F4NO4/c1-14-13-16(7-12-19(14)26)22(31)20-21(15-5-3-2-4-6-15)30(24(33)23(20)32)17-8-10-18(11-9-17)34-25(27,28)29/h2-13,21,31H,1H3/b22-20-. The topological polar surface area (TPSA) is 66.8 Å². The highest BCUT2D eigenvalue weighted by Crippen LogP contribution is 2.42. The zero-order valence-corrected chi connectivity index (χ0v) is 17.6. The first kappa shape index (κ1) is 23.0. The molecule has 0 bridgehead atoms. The molecule has 0 radical (unpaired) electrons. The van der Waals surface area contributed by atoms with E-state index in [1.54, 1.807) is 30.3 Å². The molecule has 1 unspecified atom stereocenters. The number of halogens is 4. The first-order chi connectivity index (χ1) is 16.1. The number of alkyl halides is 3. The van der Waals surface area contributed by atoms with Crippen LogP contribution in [-0.4, -0.2) is 23.2 Å². The van der Waals surface area contributed by atoms with Gasteiger partial charge in [0.15, 0.2) is 0 Å². The van der Waals surface area contributed by atoms with Gasteiger partial charge in [0, 0.05) is 11.3 Å². The van der Waals surface area contributed by atoms with Crippen LogP contribution < -0.4 is 9.64 Å². The van der Waals surface area contributed by atoms with E-state index in [9.17, 15) is 32.3 Å². The van der Waals surface area contributed by atoms with Crippen LogP contribution in [0.1, 0.15) is 22.7 Å². The van der Waals surface area contributed by atoms with Crippen LogP contribution in [0.25, 0.3) is 5.76 Å². The minimum atomic E-state index is -4.89. The predicted octanol–water partition coefficient (Wildman–Crippen LogP) is 5.66. The Bertz CT molecular complexity index is 1280. The molecule has 1 aliphatic heterocycles. The van der Waals surface area contributed by atoms with Crippen molar-refractivity contribution in [3.8, 4) is 5.75 Å². The van der Waals surface area contributed by atoms with Crippen molar-refractivity contribution in [2.24, 2.45) is 0 Å². The van der Waals surface area contributed by atoms with E-state index in [4.69, 9.17) is 0 Å². The van der Waals surface area contributed by atoms with Gasteiger partial charge >= 0.3 is 6.36 Å². The molecule has 3 aromatic rings. The number of amides is 1. The minimum Gasteiger partial charge on any atom is -0.507 e. The van der Waals surface area contributed by atoms with Gasteiger partial charge in [-0.1, -0.05) is 30.3 Å². The number of carbonyl (C=O) groups excluding carboxylic acids is 2. The Morgan fingerprint density at radius 2 is 1.62 bits per heavy atom. The number of hydrogen-bond donors (Lipinski definition) is 1. The van der Waals surface area contributed by atoms with Crippen molar-refractivity contribution in [2.75, 3.05) is 4.90 Å². The lowest BCUT2D eigenvalue weighted by Crippen LogP contribution is -2.29. The number of carbonyl (C=O) groups is 2. The van der Waals surface area contributed by atoms with Crippen LogP contribution in [0.15, 0.2) is 78.4 Å². The number of Topliss-reactive ketones (excluding diaryl/α,β-unsaturated/α-hetero) is 1. The van der Waals surface area contributed by atoms with Crippen molar-refractivity contribution in [2.45, 2.75) is 19.3 Å². The number of anilines is 1. The fraction of sp³-hybridized carbons (Fsp3) is 0.120. The molecule has 4 rings (SSSR count). The molecule has 1 fully saturated rings. The molecule has 34 heavy (non-hydrogen) atoms. The monoisotopic (exact) mass is 471 g/mol. The number of ether oxygens (including phenoxy) is 1. The second-order valence-corrected chi connectivity index (χ2v) is 7.59. The van der Waals surface area contributed by atoms with Gasteiger partial charge in [0.05, 0.1) is 11.6 Å². The van der Waals surface area contributed by atoms with Crippen molar-refractivity contribution < 1.29 is 37.0 Å². The first-order valence-corrected chi connectivity index (χ1v) is 10.0. The molecule has 1 amide bonds. The predicted molar refractivity (Wildman–Crippen MR) is 115 cm³/mol. The molecule has 174 valence electrons. The van der Waals surface area contributed by atoms with Gasteiger partial charge in [-0.2, -0.15) is 0 Å². The van der Waals surface area contributed by atoms with Crippen LogP contribution in [0.4, 0.5) is 23.2 Å². The van der Waals surface area contributed by atoms with Gasteiger partial charge in [-0.15, -0.1) is 13.2 Å². The molecule has 0 saturated carbocycles. The first-order valence-electron chi connectivity index (χ1n) is 10.0. The summed E-state index contributed by atoms with van der Waals surface area (Å²) >= 11 is 0. The number of nitrogens with zero attached hydrogens (tertiary/aromatic N) is 1. The van der Waals surface area contributed by atoms with Crippen LogP contribution >= 0.6 is 0 Å². The van der Waals surface area contributed by atoms with Gasteiger partial charge in [0.2, 0.25) is 0 Å². The Labute approximate surface area is 191 Å². The van der Waals surface area contributed by atoms with Gasteiger partial charge in [0.1, 0.15) is 17.3 Å². The number of aliphatic hydroxyl groups excluding tert-OH is 1. The van der Waals surface area contributed by atoms with E-state index >= 15 is 0 Å². The lowest BCUT2D eigenvalue weighted by atomic mass is 9.94. The SMILES string of the molecule is Cc1cc(/C(O)=C2/C(=O)C(=O)N(c3ccc(OC(F)(F)F)cc3)C2c2ccccc2)ccc1F. The summed E-state index contributed by atoms with van der Waals surface area (Å²) in [6, 6.07) is 15.5. The van der Waals surface area contributed by atoms with Crippen molar-refractivity contribution in [1.82, 2.24) is 0 Å². The minimum absolute atomic E-state index is 0.125. The third-order valence-corrected chi connectivity index (χ3v) is 5.34. The van der Waals surface area contributed by atoms with Crippen LogP contribution in [0.5, 0.6) is 5.75 Å². The van der Waals surface area contributed by atoms with Crippen LogP contribution in [0.2, 0.25) is 0 Å². The summed E-state index contributed by atoms with van der Waals surface area (Å²) in [6.07, 6.45) is -4.89. The average Bonchev–Trinajstić information content (AvgIpc) is 3.06. The highest BCUT2D eigenvalue weighted by atomic mass is 19.4. The number of aliphatic hydroxyl groups is 1. The number of rotatable bonds is 4. The van der Waals surface area contributed by atoms with E-state index in [-0.39, 0.29) is 22.4 Å². The molecular formula is C25H17F4NO4. The normalized spacial score (nSPS) is 17.8. The fourth-order valence-electron chi connectivity index (χ4n) is 3.81. The van der Waals surface area contributed by atoms with Crippen molar-refractivity contribution in [1.29, 1.82) is 0 Å². The Morgan fingerprint density at radius 3 is 2.21 bits per heavy atom. The molecule has 9 heteroatoms. The molecule has 1 aliphatic rings. The average molecular weight is 471 g/mol. The molecule has 1 heterocycles. The number of hydrogen-bond acceptors (Lipinski definition) is 4. The second kappa shape index (κ2) is 8.66. The third kappa shape index (κ3) is 4.36. The largest absolute Gasteiger partial charge is 0.573 e. The molecule has 0 aliphatic carbocycles. The van der Waals surface area contributed by atoms with Gasteiger partial charge < -0.3 is 9.84 Å². The highest BCUT2D eigenvalue weighted by Gasteiger charge is 2.47. The van der Waals surface area contributed by atoms with Gasteiger partial charge in [-0.25, -0.2) is 4.39 Å². The molecular weight excluding hydrogens is 454 g/mol. The summed E-state index contributed by atoms with van der Waals surface area (Å²) in [7, 11) is 0. The Balaban J connectivity index is 1.85.